The first-order chi connectivity index (χ1) is 10.3. The molecule has 0 saturated carbocycles. The van der Waals surface area contributed by atoms with Crippen molar-refractivity contribution >= 4 is 11.8 Å². The van der Waals surface area contributed by atoms with Crippen LogP contribution >= 0.6 is 11.8 Å². The van der Waals surface area contributed by atoms with E-state index in [1.807, 2.05) is 0 Å². The number of ether oxygens (including phenoxy) is 1. The van der Waals surface area contributed by atoms with Crippen molar-refractivity contribution in [2.45, 2.75) is 59.3 Å². The lowest BCUT2D eigenvalue weighted by Gasteiger charge is -2.06. The number of thioether (sulfide) groups is 1. The van der Waals surface area contributed by atoms with Gasteiger partial charge in [-0.1, -0.05) is 52.2 Å². The van der Waals surface area contributed by atoms with Crippen LogP contribution in [0.3, 0.4) is 0 Å². The van der Waals surface area contributed by atoms with Crippen molar-refractivity contribution in [2.75, 3.05) is 18.1 Å². The molecule has 0 bridgehead atoms. The maximum Gasteiger partial charge on any atom is 0.119 e. The van der Waals surface area contributed by atoms with Crippen molar-refractivity contribution in [3.63, 3.8) is 0 Å². The van der Waals surface area contributed by atoms with Crippen LogP contribution in [0.2, 0.25) is 0 Å². The molecule has 0 aromatic heterocycles. The summed E-state index contributed by atoms with van der Waals surface area (Å²) in [6, 6.07) is 8.42. The van der Waals surface area contributed by atoms with Gasteiger partial charge in [-0.2, -0.15) is 11.8 Å². The van der Waals surface area contributed by atoms with E-state index in [4.69, 9.17) is 4.74 Å². The zero-order chi connectivity index (χ0) is 15.3. The Labute approximate surface area is 135 Å². The van der Waals surface area contributed by atoms with E-state index in [1.54, 1.807) is 0 Å². The summed E-state index contributed by atoms with van der Waals surface area (Å²) in [5.74, 6) is 4.82. The van der Waals surface area contributed by atoms with Crippen LogP contribution in [-0.4, -0.2) is 18.1 Å². The minimum absolute atomic E-state index is 0.853. The third-order valence-corrected chi connectivity index (χ3v) is 5.08. The van der Waals surface area contributed by atoms with E-state index in [1.165, 1.54) is 49.2 Å². The molecule has 1 unspecified atom stereocenters. The lowest BCUT2D eigenvalue weighted by molar-refractivity contribution is 0.305. The summed E-state index contributed by atoms with van der Waals surface area (Å²) in [7, 11) is 0. The minimum atomic E-state index is 0.853. The summed E-state index contributed by atoms with van der Waals surface area (Å²) in [4.78, 5) is 0. The second-order valence-corrected chi connectivity index (χ2v) is 7.03. The molecule has 0 spiro atoms. The molecular weight excluding hydrogens is 276 g/mol. The van der Waals surface area contributed by atoms with E-state index in [0.29, 0.717) is 0 Å². The Hall–Kier alpha value is -0.630. The average Bonchev–Trinajstić information content (AvgIpc) is 2.99. The van der Waals surface area contributed by atoms with Crippen molar-refractivity contribution in [2.24, 2.45) is 5.92 Å². The van der Waals surface area contributed by atoms with Crippen LogP contribution in [-0.2, 0) is 6.42 Å². The molecule has 1 saturated heterocycles. The maximum atomic E-state index is 5.65. The van der Waals surface area contributed by atoms with Crippen molar-refractivity contribution in [1.29, 1.82) is 0 Å². The Bertz CT molecular complexity index is 341. The molecule has 0 N–H and O–H groups in total. The molecule has 2 heteroatoms. The smallest absolute Gasteiger partial charge is 0.119 e. The summed E-state index contributed by atoms with van der Waals surface area (Å²) in [6.07, 6.45) is 7.59. The Kier molecular flexibility index (Phi) is 10.5. The van der Waals surface area contributed by atoms with Crippen LogP contribution in [0.4, 0.5) is 0 Å². The number of hydrogen-bond donors (Lipinski definition) is 0. The highest BCUT2D eigenvalue weighted by Crippen LogP contribution is 2.21. The molecule has 1 aromatic carbocycles. The molecule has 1 aromatic rings. The highest BCUT2D eigenvalue weighted by Gasteiger charge is 2.07. The fourth-order valence-corrected chi connectivity index (χ4v) is 3.50. The average molecular weight is 309 g/mol. The summed E-state index contributed by atoms with van der Waals surface area (Å²) in [5, 5.41) is 0. The number of hydrogen-bond acceptors (Lipinski definition) is 2. The quantitative estimate of drug-likeness (QED) is 0.574. The van der Waals surface area contributed by atoms with Gasteiger partial charge in [0.25, 0.3) is 0 Å². The molecular formula is C19H32OS. The SMILES string of the molecule is CC1CCSC1.CCCCCCOc1ccc(CC)cc1. The first-order valence-electron chi connectivity index (χ1n) is 8.55. The van der Waals surface area contributed by atoms with Gasteiger partial charge in [0.2, 0.25) is 0 Å². The van der Waals surface area contributed by atoms with Crippen molar-refractivity contribution in [3.8, 4) is 5.75 Å². The topological polar surface area (TPSA) is 9.23 Å². The van der Waals surface area contributed by atoms with Gasteiger partial charge in [-0.15, -0.1) is 0 Å². The summed E-state index contributed by atoms with van der Waals surface area (Å²) in [6.45, 7) is 7.57. The van der Waals surface area contributed by atoms with Crippen molar-refractivity contribution in [3.05, 3.63) is 29.8 Å². The van der Waals surface area contributed by atoms with Crippen LogP contribution in [0.15, 0.2) is 24.3 Å². The fourth-order valence-electron chi connectivity index (χ4n) is 2.19. The van der Waals surface area contributed by atoms with Gasteiger partial charge in [0.05, 0.1) is 6.61 Å². The van der Waals surface area contributed by atoms with Crippen LogP contribution in [0.25, 0.3) is 0 Å². The Morgan fingerprint density at radius 2 is 1.86 bits per heavy atom. The van der Waals surface area contributed by atoms with Crippen LogP contribution < -0.4 is 4.74 Å². The van der Waals surface area contributed by atoms with Crippen LogP contribution in [0.1, 0.15) is 58.4 Å². The fraction of sp³-hybridized carbons (Fsp3) is 0.684. The monoisotopic (exact) mass is 308 g/mol. The maximum absolute atomic E-state index is 5.65. The van der Waals surface area contributed by atoms with E-state index < -0.39 is 0 Å². The highest BCUT2D eigenvalue weighted by molar-refractivity contribution is 7.99. The summed E-state index contributed by atoms with van der Waals surface area (Å²) >= 11 is 2.08. The highest BCUT2D eigenvalue weighted by atomic mass is 32.2. The third kappa shape index (κ3) is 9.08. The minimum Gasteiger partial charge on any atom is -0.494 e. The molecule has 21 heavy (non-hydrogen) atoms. The first-order valence-corrected chi connectivity index (χ1v) is 9.71. The predicted octanol–water partition coefficient (Wildman–Crippen LogP) is 5.97. The first kappa shape index (κ1) is 18.4. The molecule has 1 aliphatic heterocycles. The van der Waals surface area contributed by atoms with Gasteiger partial charge >= 0.3 is 0 Å². The van der Waals surface area contributed by atoms with Crippen molar-refractivity contribution < 1.29 is 4.74 Å². The standard InChI is InChI=1S/C14H22O.C5H10S/c1-3-5-6-7-12-15-14-10-8-13(4-2)9-11-14;1-5-2-3-6-4-5/h8-11H,3-7,12H2,1-2H3;5H,2-4H2,1H3. The molecule has 0 radical (unpaired) electrons. The summed E-state index contributed by atoms with van der Waals surface area (Å²) < 4.78 is 5.65. The van der Waals surface area contributed by atoms with Gasteiger partial charge in [-0.3, -0.25) is 0 Å². The van der Waals surface area contributed by atoms with Gasteiger partial charge < -0.3 is 4.74 Å². The van der Waals surface area contributed by atoms with E-state index in [9.17, 15) is 0 Å². The molecule has 1 heterocycles. The van der Waals surface area contributed by atoms with Gasteiger partial charge in [-0.25, -0.2) is 0 Å². The zero-order valence-electron chi connectivity index (χ0n) is 14.1. The molecule has 1 nitrogen and oxygen atoms in total. The zero-order valence-corrected chi connectivity index (χ0v) is 14.9. The molecule has 1 aliphatic rings. The molecule has 2 rings (SSSR count). The number of rotatable bonds is 7. The van der Waals surface area contributed by atoms with E-state index in [0.717, 1.165) is 24.7 Å². The second kappa shape index (κ2) is 12.0. The van der Waals surface area contributed by atoms with Gasteiger partial charge in [0.15, 0.2) is 0 Å². The molecule has 0 aliphatic carbocycles. The molecule has 120 valence electrons. The lowest BCUT2D eigenvalue weighted by Crippen LogP contribution is -1.97. The number of benzene rings is 1. The lowest BCUT2D eigenvalue weighted by atomic mass is 10.2. The van der Waals surface area contributed by atoms with Gasteiger partial charge in [-0.05, 0) is 54.4 Å². The molecule has 1 fully saturated rings. The Balaban J connectivity index is 0.000000304. The normalized spacial score (nSPS) is 17.2. The molecule has 0 amide bonds. The predicted molar refractivity (Wildman–Crippen MR) is 96.6 cm³/mol. The molecule has 1 atom stereocenters. The van der Waals surface area contributed by atoms with E-state index in [-0.39, 0.29) is 0 Å². The van der Waals surface area contributed by atoms with Crippen molar-refractivity contribution in [1.82, 2.24) is 0 Å². The Morgan fingerprint density at radius 1 is 1.10 bits per heavy atom. The third-order valence-electron chi connectivity index (χ3n) is 3.76. The second-order valence-electron chi connectivity index (χ2n) is 5.88. The van der Waals surface area contributed by atoms with Crippen LogP contribution in [0, 0.1) is 5.92 Å². The Morgan fingerprint density at radius 3 is 2.33 bits per heavy atom. The largest absolute Gasteiger partial charge is 0.494 e. The number of aryl methyl sites for hydroxylation is 1. The number of unbranched alkanes of at least 4 members (excludes halogenated alkanes) is 3. The van der Waals surface area contributed by atoms with Crippen LogP contribution in [0.5, 0.6) is 5.75 Å². The van der Waals surface area contributed by atoms with Gasteiger partial charge in [0, 0.05) is 0 Å². The van der Waals surface area contributed by atoms with E-state index >= 15 is 0 Å². The van der Waals surface area contributed by atoms with Gasteiger partial charge in [0.1, 0.15) is 5.75 Å². The summed E-state index contributed by atoms with van der Waals surface area (Å²) in [5.41, 5.74) is 1.37. The van der Waals surface area contributed by atoms with E-state index in [2.05, 4.69) is 56.8 Å².